The molecule has 0 fully saturated rings. The van der Waals surface area contributed by atoms with Gasteiger partial charge in [-0.3, -0.25) is 19.5 Å². The molecule has 20 heteroatoms. The number of H-pyrrole nitrogens is 1. The van der Waals surface area contributed by atoms with Crippen LogP contribution in [0.25, 0.3) is 0 Å². The molecular formula is C49H83N11O7S2. The number of carbonyl (C=O) groups is 2. The van der Waals surface area contributed by atoms with Gasteiger partial charge in [-0.25, -0.2) is 10.5 Å². The Labute approximate surface area is 419 Å². The maximum absolute atomic E-state index is 11.1. The number of hydroxylamine groups is 1. The molecule has 5 aromatic heterocycles. The fraction of sp³-hybridized carbons (Fsp3) is 0.592. The van der Waals surface area contributed by atoms with Gasteiger partial charge in [0.05, 0.1) is 40.8 Å². The molecule has 5 aromatic rings. The average molecular weight is 1000 g/mol. The minimum Gasteiger partial charge on any atom is -0.502 e. The highest BCUT2D eigenvalue weighted by Crippen LogP contribution is 2.19. The fourth-order valence-electron chi connectivity index (χ4n) is 4.51. The van der Waals surface area contributed by atoms with Gasteiger partial charge in [0.25, 0.3) is 0 Å². The molecule has 1 aliphatic rings. The van der Waals surface area contributed by atoms with Crippen molar-refractivity contribution in [2.24, 2.45) is 22.7 Å². The van der Waals surface area contributed by atoms with E-state index in [-0.39, 0.29) is 40.7 Å². The molecular weight excluding hydrogens is 919 g/mol. The second kappa shape index (κ2) is 35.4. The number of hydrogen-bond acceptors (Lipinski definition) is 17. The zero-order chi connectivity index (χ0) is 53.6. The molecule has 5 N–H and O–H groups in total. The predicted molar refractivity (Wildman–Crippen MR) is 280 cm³/mol. The smallest absolute Gasteiger partial charge is 0.240 e. The molecule has 0 atom stereocenters. The Bertz CT molecular complexity index is 2170. The summed E-state index contributed by atoms with van der Waals surface area (Å²) < 4.78 is 22.1. The number of aromatic hydroxyl groups is 1. The second-order valence-electron chi connectivity index (χ2n) is 17.9. The van der Waals surface area contributed by atoms with Crippen LogP contribution in [-0.4, -0.2) is 70.3 Å². The van der Waals surface area contributed by atoms with Crippen LogP contribution in [0, 0.1) is 38.5 Å². The van der Waals surface area contributed by atoms with E-state index in [0.717, 1.165) is 46.5 Å². The Morgan fingerprint density at radius 1 is 0.725 bits per heavy atom. The molecule has 2 amide bonds. The number of nitrogens with zero attached hydrogens (tertiary/aromatic N) is 7. The number of carbonyl (C=O) groups excluding carboxylic acids is 2. The molecule has 0 saturated carbocycles. The van der Waals surface area contributed by atoms with Gasteiger partial charge in [0, 0.05) is 60.2 Å². The van der Waals surface area contributed by atoms with Gasteiger partial charge in [-0.2, -0.15) is 23.2 Å². The van der Waals surface area contributed by atoms with Gasteiger partial charge in [0.1, 0.15) is 30.0 Å². The molecule has 0 aromatic carbocycles. The van der Waals surface area contributed by atoms with E-state index in [1.165, 1.54) is 29.2 Å². The molecule has 0 unspecified atom stereocenters. The van der Waals surface area contributed by atoms with Crippen molar-refractivity contribution in [3.63, 3.8) is 0 Å². The lowest BCUT2D eigenvalue weighted by Gasteiger charge is -2.01. The summed E-state index contributed by atoms with van der Waals surface area (Å²) in [6.45, 7) is 41.7. The third-order valence-electron chi connectivity index (χ3n) is 8.74. The highest BCUT2D eigenvalue weighted by molar-refractivity contribution is 7.05. The van der Waals surface area contributed by atoms with Gasteiger partial charge in [0.15, 0.2) is 5.75 Å². The molecule has 0 bridgehead atoms. The fourth-order valence-corrected chi connectivity index (χ4v) is 5.93. The lowest BCUT2D eigenvalue weighted by molar-refractivity contribution is -0.124. The molecule has 0 aliphatic carbocycles. The van der Waals surface area contributed by atoms with Crippen molar-refractivity contribution in [2.45, 2.75) is 161 Å². The number of aromatic nitrogens is 7. The Morgan fingerprint density at radius 3 is 1.52 bits per heavy atom. The van der Waals surface area contributed by atoms with Gasteiger partial charge >= 0.3 is 0 Å². The lowest BCUT2D eigenvalue weighted by atomic mass is 10.1. The second-order valence-corrected chi connectivity index (χ2v) is 19.3. The third-order valence-corrected chi connectivity index (χ3v) is 10.6. The molecule has 0 radical (unpaired) electrons. The molecule has 18 nitrogen and oxygen atoms in total. The first-order valence-corrected chi connectivity index (χ1v) is 24.5. The third kappa shape index (κ3) is 29.0. The first-order valence-electron chi connectivity index (χ1n) is 23.0. The number of aromatic amines is 1. The number of nitrogens with one attached hydrogen (secondary N) is 4. The quantitative estimate of drug-likeness (QED) is 0.0970. The van der Waals surface area contributed by atoms with Crippen molar-refractivity contribution < 1.29 is 28.5 Å². The van der Waals surface area contributed by atoms with Gasteiger partial charge in [-0.05, 0) is 62.7 Å². The average Bonchev–Trinajstić information content (AvgIpc) is 4.15. The number of amidine groups is 1. The Hall–Kier alpha value is -5.76. The van der Waals surface area contributed by atoms with Crippen molar-refractivity contribution in [2.75, 3.05) is 14.1 Å². The predicted octanol–water partition coefficient (Wildman–Crippen LogP) is 10.9. The van der Waals surface area contributed by atoms with Crippen molar-refractivity contribution >= 4 is 40.9 Å². The molecule has 0 saturated heterocycles. The van der Waals surface area contributed by atoms with Crippen LogP contribution in [-0.2, 0) is 14.4 Å². The van der Waals surface area contributed by atoms with Crippen LogP contribution in [0.2, 0.25) is 0 Å². The Balaban J connectivity index is 0. The zero-order valence-electron chi connectivity index (χ0n) is 45.1. The number of aliphatic imine (C=N–C) groups is 1. The van der Waals surface area contributed by atoms with Crippen LogP contribution in [0.1, 0.15) is 185 Å². The van der Waals surface area contributed by atoms with E-state index in [4.69, 9.17) is 18.9 Å². The van der Waals surface area contributed by atoms with Crippen LogP contribution in [0.3, 0.4) is 0 Å². The summed E-state index contributed by atoms with van der Waals surface area (Å²) in [5.41, 5.74) is 7.14. The number of amides is 2. The summed E-state index contributed by atoms with van der Waals surface area (Å²) in [7, 11) is 3.28. The van der Waals surface area contributed by atoms with E-state index in [2.05, 4.69) is 123 Å². The molecule has 69 heavy (non-hydrogen) atoms. The topological polar surface area (TPSA) is 249 Å². The SMILES string of the molecule is C=C1N=C(C(C)C)NO1.CC(C)c1cocc(O)c1=O.CC(C)c1ncn[nH]1.CNC(=O)C(C)C.CNC(=O)C(C)C.Cc1cc(C(C)C)on1.Cc1cc(C(C)C)sn1.Cc1nsnc1C(C)C. The van der Waals surface area contributed by atoms with E-state index in [9.17, 15) is 14.4 Å². The molecule has 0 spiro atoms. The molecule has 1 aliphatic heterocycles. The van der Waals surface area contributed by atoms with E-state index < -0.39 is 0 Å². The Morgan fingerprint density at radius 2 is 1.30 bits per heavy atom. The largest absolute Gasteiger partial charge is 0.502 e. The normalized spacial score (nSPS) is 11.1. The summed E-state index contributed by atoms with van der Waals surface area (Å²) >= 11 is 2.90. The molecule has 6 rings (SSSR count). The van der Waals surface area contributed by atoms with Crippen molar-refractivity contribution in [1.29, 1.82) is 0 Å². The summed E-state index contributed by atoms with van der Waals surface area (Å²) in [5.74, 6) is 5.83. The standard InChI is InChI=1S/C8H10O3.C7H11NO.C7H11NS.C6H10N2O.C6H10N2S.C5H9N3.2C5H11NO/c1-5(2)6-3-11-4-7(9)8(6)10;2*1-5(2)7-4-6(3)8-9-7;1-4(2)6-7-5(3)9-8-6;1-4(2)6-5(3)7-9-8-6;1-4(2)5-6-3-7-8-5;2*1-4(2)5(7)6-3/h3-5,9H,1-2H3;2*4-5H,1-3H3;4H,3H2,1-2H3,(H,7,8);4H,1-3H3;3-4H,1-2H3,(H,6,7,8);2*4H,1-3H3,(H,6,7). The molecule has 388 valence electrons. The van der Waals surface area contributed by atoms with Gasteiger partial charge in [-0.15, -0.1) is 0 Å². The van der Waals surface area contributed by atoms with Crippen LogP contribution in [0.5, 0.6) is 5.75 Å². The summed E-state index contributed by atoms with van der Waals surface area (Å²) in [5, 5.41) is 24.2. The maximum atomic E-state index is 11.1. The van der Waals surface area contributed by atoms with Gasteiger partial charge < -0.3 is 29.5 Å². The zero-order valence-corrected chi connectivity index (χ0v) is 46.7. The van der Waals surface area contributed by atoms with Crippen molar-refractivity contribution in [3.05, 3.63) is 98.5 Å². The number of aryl methyl sites for hydroxylation is 3. The van der Waals surface area contributed by atoms with Gasteiger partial charge in [-0.1, -0.05) is 116 Å². The Kier molecular flexibility index (Phi) is 33.5. The molecule has 6 heterocycles. The first kappa shape index (κ1) is 65.3. The van der Waals surface area contributed by atoms with Crippen LogP contribution >= 0.6 is 23.3 Å². The summed E-state index contributed by atoms with van der Waals surface area (Å²) in [6, 6.07) is 4.11. The summed E-state index contributed by atoms with van der Waals surface area (Å²) in [6.07, 6.45) is 3.93. The summed E-state index contributed by atoms with van der Waals surface area (Å²) in [4.78, 5) is 46.0. The number of rotatable bonds is 8. The lowest BCUT2D eigenvalue weighted by Crippen LogP contribution is -2.22. The number of hydrogen-bond donors (Lipinski definition) is 5. The van der Waals surface area contributed by atoms with Crippen LogP contribution in [0.15, 0.2) is 62.2 Å². The minimum atomic E-state index is -0.341. The van der Waals surface area contributed by atoms with Crippen molar-refractivity contribution in [3.8, 4) is 5.75 Å². The monoisotopic (exact) mass is 1000 g/mol. The van der Waals surface area contributed by atoms with E-state index in [1.54, 1.807) is 25.6 Å². The van der Waals surface area contributed by atoms with E-state index in [0.29, 0.717) is 41.0 Å². The van der Waals surface area contributed by atoms with Crippen molar-refractivity contribution in [1.82, 2.24) is 49.6 Å². The highest BCUT2D eigenvalue weighted by Gasteiger charge is 2.12. The van der Waals surface area contributed by atoms with E-state index >= 15 is 0 Å². The first-order chi connectivity index (χ1) is 32.1. The minimum absolute atomic E-state index is 0.0818. The van der Waals surface area contributed by atoms with Crippen LogP contribution in [0.4, 0.5) is 0 Å². The highest BCUT2D eigenvalue weighted by atomic mass is 32.1. The van der Waals surface area contributed by atoms with E-state index in [1.807, 2.05) is 82.2 Å². The van der Waals surface area contributed by atoms with Gasteiger partial charge in [0.2, 0.25) is 23.1 Å². The van der Waals surface area contributed by atoms with Crippen LogP contribution < -0.4 is 21.5 Å². The maximum Gasteiger partial charge on any atom is 0.240 e.